The van der Waals surface area contributed by atoms with Crippen molar-refractivity contribution in [3.63, 3.8) is 0 Å². The van der Waals surface area contributed by atoms with Crippen LogP contribution in [0.25, 0.3) is 0 Å². The molecule has 2 aliphatic heterocycles. The van der Waals surface area contributed by atoms with Gasteiger partial charge in [-0.15, -0.1) is 0 Å². The van der Waals surface area contributed by atoms with Gasteiger partial charge in [0, 0.05) is 25.2 Å². The van der Waals surface area contributed by atoms with Crippen LogP contribution < -0.4 is 4.90 Å². The third kappa shape index (κ3) is 3.39. The molecule has 1 amide bonds. The molecule has 1 atom stereocenters. The number of carbonyl (C=O) groups is 1. The van der Waals surface area contributed by atoms with E-state index >= 15 is 0 Å². The minimum atomic E-state index is -3.57. The lowest BCUT2D eigenvalue weighted by Gasteiger charge is -2.25. The van der Waals surface area contributed by atoms with Crippen molar-refractivity contribution in [2.45, 2.75) is 43.5 Å². The third-order valence-corrected chi connectivity index (χ3v) is 7.42. The van der Waals surface area contributed by atoms with Crippen molar-refractivity contribution in [1.82, 2.24) is 4.31 Å². The summed E-state index contributed by atoms with van der Waals surface area (Å²) in [6.07, 6.45) is 3.11. The SMILES string of the molecule is Cc1ccc(C2CCCN2S(=O)(=O)c2ccc(N3CCCC3=O)cc2)cc1. The highest BCUT2D eigenvalue weighted by Gasteiger charge is 2.36. The van der Waals surface area contributed by atoms with Gasteiger partial charge in [0.2, 0.25) is 15.9 Å². The van der Waals surface area contributed by atoms with Gasteiger partial charge in [-0.2, -0.15) is 4.31 Å². The van der Waals surface area contributed by atoms with Crippen molar-refractivity contribution in [2.75, 3.05) is 18.0 Å². The predicted molar refractivity (Wildman–Crippen MR) is 105 cm³/mol. The van der Waals surface area contributed by atoms with Gasteiger partial charge in [-0.05, 0) is 56.0 Å². The minimum absolute atomic E-state index is 0.101. The first-order valence-electron chi connectivity index (χ1n) is 9.46. The van der Waals surface area contributed by atoms with Gasteiger partial charge < -0.3 is 4.90 Å². The molecular formula is C21H24N2O3S. The Bertz CT molecular complexity index is 936. The van der Waals surface area contributed by atoms with Gasteiger partial charge in [-0.25, -0.2) is 8.42 Å². The standard InChI is InChI=1S/C21H24N2O3S/c1-16-6-8-17(9-7-16)20-4-2-15-23(20)27(25,26)19-12-10-18(11-13-19)22-14-3-5-21(22)24/h6-13,20H,2-5,14-15H2,1H3. The van der Waals surface area contributed by atoms with Gasteiger partial charge in [-0.3, -0.25) is 4.79 Å². The number of aryl methyl sites for hydroxylation is 1. The third-order valence-electron chi connectivity index (χ3n) is 5.49. The summed E-state index contributed by atoms with van der Waals surface area (Å²) in [4.78, 5) is 13.9. The number of nitrogens with zero attached hydrogens (tertiary/aromatic N) is 2. The predicted octanol–water partition coefficient (Wildman–Crippen LogP) is 3.65. The molecular weight excluding hydrogens is 360 g/mol. The van der Waals surface area contributed by atoms with Gasteiger partial charge in [0.05, 0.1) is 10.9 Å². The lowest BCUT2D eigenvalue weighted by atomic mass is 10.0. The molecule has 2 aromatic carbocycles. The Labute approximate surface area is 160 Å². The molecule has 2 aromatic rings. The first-order valence-corrected chi connectivity index (χ1v) is 10.9. The van der Waals surface area contributed by atoms with Gasteiger partial charge in [0.25, 0.3) is 0 Å². The number of sulfonamides is 1. The van der Waals surface area contributed by atoms with Crippen molar-refractivity contribution >= 4 is 21.6 Å². The molecule has 27 heavy (non-hydrogen) atoms. The van der Waals surface area contributed by atoms with E-state index < -0.39 is 10.0 Å². The zero-order chi connectivity index (χ0) is 19.0. The van der Waals surface area contributed by atoms with Gasteiger partial charge in [-0.1, -0.05) is 29.8 Å². The molecule has 0 saturated carbocycles. The van der Waals surface area contributed by atoms with Crippen LogP contribution in [-0.2, 0) is 14.8 Å². The quantitative estimate of drug-likeness (QED) is 0.808. The second kappa shape index (κ2) is 7.09. The number of hydrogen-bond donors (Lipinski definition) is 0. The molecule has 0 bridgehead atoms. The summed E-state index contributed by atoms with van der Waals surface area (Å²) in [6, 6.07) is 14.7. The van der Waals surface area contributed by atoms with E-state index in [-0.39, 0.29) is 16.8 Å². The van der Waals surface area contributed by atoms with Crippen LogP contribution >= 0.6 is 0 Å². The number of benzene rings is 2. The van der Waals surface area contributed by atoms with Crippen molar-refractivity contribution < 1.29 is 13.2 Å². The van der Waals surface area contributed by atoms with E-state index in [0.29, 0.717) is 19.5 Å². The van der Waals surface area contributed by atoms with Crippen LogP contribution in [0.3, 0.4) is 0 Å². The van der Waals surface area contributed by atoms with Crippen LogP contribution in [0.4, 0.5) is 5.69 Å². The fraction of sp³-hybridized carbons (Fsp3) is 0.381. The van der Waals surface area contributed by atoms with Crippen molar-refractivity contribution in [3.05, 3.63) is 59.7 Å². The van der Waals surface area contributed by atoms with E-state index in [1.165, 1.54) is 5.56 Å². The van der Waals surface area contributed by atoms with E-state index in [2.05, 4.69) is 0 Å². The molecule has 2 heterocycles. The lowest BCUT2D eigenvalue weighted by Crippen LogP contribution is -2.30. The van der Waals surface area contributed by atoms with E-state index in [9.17, 15) is 13.2 Å². The summed E-state index contributed by atoms with van der Waals surface area (Å²) >= 11 is 0. The molecule has 0 aliphatic carbocycles. The highest BCUT2D eigenvalue weighted by Crippen LogP contribution is 2.37. The number of anilines is 1. The Morgan fingerprint density at radius 2 is 1.63 bits per heavy atom. The molecule has 2 fully saturated rings. The van der Waals surface area contributed by atoms with Crippen LogP contribution in [0.2, 0.25) is 0 Å². The summed E-state index contributed by atoms with van der Waals surface area (Å²) in [7, 11) is -3.57. The number of amides is 1. The molecule has 6 heteroatoms. The molecule has 4 rings (SSSR count). The summed E-state index contributed by atoms with van der Waals surface area (Å²) in [5, 5.41) is 0. The molecule has 0 radical (unpaired) electrons. The van der Waals surface area contributed by atoms with E-state index in [0.717, 1.165) is 30.5 Å². The highest BCUT2D eigenvalue weighted by molar-refractivity contribution is 7.89. The fourth-order valence-electron chi connectivity index (χ4n) is 4.00. The van der Waals surface area contributed by atoms with E-state index in [1.807, 2.05) is 31.2 Å². The number of rotatable bonds is 4. The Balaban J connectivity index is 1.60. The summed E-state index contributed by atoms with van der Waals surface area (Å²) in [5.41, 5.74) is 2.98. The minimum Gasteiger partial charge on any atom is -0.312 e. The lowest BCUT2D eigenvalue weighted by molar-refractivity contribution is -0.117. The first kappa shape index (κ1) is 18.2. The van der Waals surface area contributed by atoms with Crippen LogP contribution in [-0.4, -0.2) is 31.7 Å². The molecule has 2 saturated heterocycles. The van der Waals surface area contributed by atoms with E-state index in [4.69, 9.17) is 0 Å². The normalized spacial score (nSPS) is 21.1. The zero-order valence-corrected chi connectivity index (χ0v) is 16.3. The molecule has 0 aromatic heterocycles. The van der Waals surface area contributed by atoms with Gasteiger partial charge >= 0.3 is 0 Å². The Morgan fingerprint density at radius 1 is 0.926 bits per heavy atom. The van der Waals surface area contributed by atoms with Crippen LogP contribution in [0.15, 0.2) is 53.4 Å². The summed E-state index contributed by atoms with van der Waals surface area (Å²) in [5.74, 6) is 0.101. The average Bonchev–Trinajstić information content (AvgIpc) is 3.32. The molecule has 0 N–H and O–H groups in total. The molecule has 2 aliphatic rings. The van der Waals surface area contributed by atoms with Crippen LogP contribution in [0.1, 0.15) is 42.9 Å². The molecule has 5 nitrogen and oxygen atoms in total. The van der Waals surface area contributed by atoms with Crippen molar-refractivity contribution in [2.24, 2.45) is 0 Å². The first-order chi connectivity index (χ1) is 13.0. The number of hydrogen-bond acceptors (Lipinski definition) is 3. The maximum atomic E-state index is 13.2. The molecule has 1 unspecified atom stereocenters. The van der Waals surface area contributed by atoms with Crippen molar-refractivity contribution in [3.8, 4) is 0 Å². The highest BCUT2D eigenvalue weighted by atomic mass is 32.2. The summed E-state index contributed by atoms with van der Waals surface area (Å²) < 4.78 is 28.1. The number of carbonyl (C=O) groups excluding carboxylic acids is 1. The monoisotopic (exact) mass is 384 g/mol. The van der Waals surface area contributed by atoms with Gasteiger partial charge in [0.1, 0.15) is 0 Å². The second-order valence-corrected chi connectivity index (χ2v) is 9.22. The fourth-order valence-corrected chi connectivity index (χ4v) is 5.69. The topological polar surface area (TPSA) is 57.7 Å². The molecule has 142 valence electrons. The van der Waals surface area contributed by atoms with E-state index in [1.54, 1.807) is 33.5 Å². The van der Waals surface area contributed by atoms with Crippen LogP contribution in [0.5, 0.6) is 0 Å². The Kier molecular flexibility index (Phi) is 4.78. The smallest absolute Gasteiger partial charge is 0.243 e. The largest absolute Gasteiger partial charge is 0.312 e. The maximum Gasteiger partial charge on any atom is 0.243 e. The molecule has 0 spiro atoms. The van der Waals surface area contributed by atoms with Crippen molar-refractivity contribution in [1.29, 1.82) is 0 Å². The zero-order valence-electron chi connectivity index (χ0n) is 15.5. The average molecular weight is 385 g/mol. The maximum absolute atomic E-state index is 13.2. The summed E-state index contributed by atoms with van der Waals surface area (Å²) in [6.45, 7) is 3.26. The second-order valence-electron chi connectivity index (χ2n) is 7.33. The van der Waals surface area contributed by atoms with Crippen LogP contribution in [0, 0.1) is 6.92 Å². The van der Waals surface area contributed by atoms with Gasteiger partial charge in [0.15, 0.2) is 0 Å². The Hall–Kier alpha value is -2.18. The Morgan fingerprint density at radius 3 is 2.26 bits per heavy atom.